The number of aliphatic carboxylic acids is 1. The van der Waals surface area contributed by atoms with Gasteiger partial charge in [0, 0.05) is 5.56 Å². The average Bonchev–Trinajstić information content (AvgIpc) is 2.73. The van der Waals surface area contributed by atoms with E-state index in [1.165, 1.54) is 0 Å². The average molecular weight is 248 g/mol. The second-order valence-corrected chi connectivity index (χ2v) is 3.70. The van der Waals surface area contributed by atoms with Crippen LogP contribution in [0.25, 0.3) is 0 Å². The Morgan fingerprint density at radius 3 is 2.89 bits per heavy atom. The molecule has 0 saturated carbocycles. The van der Waals surface area contributed by atoms with Crippen LogP contribution >= 0.6 is 0 Å². The summed E-state index contributed by atoms with van der Waals surface area (Å²) in [6, 6.07) is 6.96. The van der Waals surface area contributed by atoms with E-state index in [1.54, 1.807) is 31.2 Å². The Kier molecular flexibility index (Phi) is 3.57. The van der Waals surface area contributed by atoms with Crippen molar-refractivity contribution >= 4 is 5.97 Å². The van der Waals surface area contributed by atoms with Gasteiger partial charge in [-0.05, 0) is 13.0 Å². The lowest BCUT2D eigenvalue weighted by Gasteiger charge is -2.07. The first-order chi connectivity index (χ1) is 8.65. The Bertz CT molecular complexity index is 551. The van der Waals surface area contributed by atoms with E-state index >= 15 is 0 Å². The minimum Gasteiger partial charge on any atom is -0.483 e. The number of hydrogen-bond acceptors (Lipinski definition) is 5. The Morgan fingerprint density at radius 2 is 2.22 bits per heavy atom. The zero-order valence-electron chi connectivity index (χ0n) is 9.79. The van der Waals surface area contributed by atoms with E-state index in [9.17, 15) is 4.79 Å². The van der Waals surface area contributed by atoms with Gasteiger partial charge in [-0.1, -0.05) is 23.4 Å². The van der Waals surface area contributed by atoms with E-state index in [4.69, 9.17) is 14.4 Å². The van der Waals surface area contributed by atoms with Crippen molar-refractivity contribution in [2.24, 2.45) is 0 Å². The molecule has 18 heavy (non-hydrogen) atoms. The van der Waals surface area contributed by atoms with Gasteiger partial charge in [-0.3, -0.25) is 4.79 Å². The zero-order valence-corrected chi connectivity index (χ0v) is 9.79. The molecule has 0 aliphatic heterocycles. The van der Waals surface area contributed by atoms with Gasteiger partial charge in [0.25, 0.3) is 5.89 Å². The fourth-order valence-electron chi connectivity index (χ4n) is 1.49. The van der Waals surface area contributed by atoms with Crippen molar-refractivity contribution in [3.05, 3.63) is 41.5 Å². The van der Waals surface area contributed by atoms with Gasteiger partial charge in [-0.15, -0.1) is 0 Å². The molecule has 0 bridgehead atoms. The summed E-state index contributed by atoms with van der Waals surface area (Å²) >= 11 is 0. The zero-order chi connectivity index (χ0) is 13.0. The van der Waals surface area contributed by atoms with Gasteiger partial charge in [-0.25, -0.2) is 0 Å². The highest BCUT2D eigenvalue weighted by Crippen LogP contribution is 2.19. The molecule has 1 aromatic heterocycles. The highest BCUT2D eigenvalue weighted by atomic mass is 16.5. The van der Waals surface area contributed by atoms with Crippen LogP contribution < -0.4 is 4.74 Å². The molecule has 0 spiro atoms. The summed E-state index contributed by atoms with van der Waals surface area (Å²) in [5.74, 6) is 0.500. The summed E-state index contributed by atoms with van der Waals surface area (Å²) in [5, 5.41) is 12.4. The Morgan fingerprint density at radius 1 is 1.44 bits per heavy atom. The molecule has 0 radical (unpaired) electrons. The molecule has 0 aliphatic carbocycles. The standard InChI is InChI=1S/C12H12N2O4/c1-8-13-11(18-14-8)7-17-10-5-3-2-4-9(10)6-12(15)16/h2-5H,6-7H2,1H3,(H,15,16). The highest BCUT2D eigenvalue weighted by molar-refractivity contribution is 5.71. The molecule has 1 aromatic carbocycles. The lowest BCUT2D eigenvalue weighted by atomic mass is 10.1. The molecule has 6 nitrogen and oxygen atoms in total. The molecular weight excluding hydrogens is 236 g/mol. The number of carbonyl (C=O) groups is 1. The number of hydrogen-bond donors (Lipinski definition) is 1. The second-order valence-electron chi connectivity index (χ2n) is 3.70. The second kappa shape index (κ2) is 5.31. The molecule has 94 valence electrons. The van der Waals surface area contributed by atoms with Crippen molar-refractivity contribution in [1.29, 1.82) is 0 Å². The van der Waals surface area contributed by atoms with Gasteiger partial charge in [0.1, 0.15) is 5.75 Å². The summed E-state index contributed by atoms with van der Waals surface area (Å²) in [5.41, 5.74) is 0.612. The Hall–Kier alpha value is -2.37. The van der Waals surface area contributed by atoms with Gasteiger partial charge >= 0.3 is 5.97 Å². The lowest BCUT2D eigenvalue weighted by Crippen LogP contribution is -2.04. The SMILES string of the molecule is Cc1noc(COc2ccccc2CC(=O)O)n1. The monoisotopic (exact) mass is 248 g/mol. The minimum atomic E-state index is -0.903. The molecule has 6 heteroatoms. The molecule has 0 amide bonds. The first-order valence-electron chi connectivity index (χ1n) is 5.37. The van der Waals surface area contributed by atoms with Crippen LogP contribution in [0.3, 0.4) is 0 Å². The van der Waals surface area contributed by atoms with Crippen LogP contribution in [0.4, 0.5) is 0 Å². The summed E-state index contributed by atoms with van der Waals surface area (Å²) < 4.78 is 10.4. The maximum atomic E-state index is 10.7. The van der Waals surface area contributed by atoms with E-state index in [0.29, 0.717) is 23.0 Å². The molecule has 0 aliphatic rings. The van der Waals surface area contributed by atoms with Crippen molar-refractivity contribution in [1.82, 2.24) is 10.1 Å². The van der Waals surface area contributed by atoms with Crippen LogP contribution in [0.2, 0.25) is 0 Å². The number of carboxylic acid groups (broad SMARTS) is 1. The maximum absolute atomic E-state index is 10.7. The van der Waals surface area contributed by atoms with Crippen LogP contribution in [0, 0.1) is 6.92 Å². The van der Waals surface area contributed by atoms with E-state index in [-0.39, 0.29) is 13.0 Å². The highest BCUT2D eigenvalue weighted by Gasteiger charge is 2.09. The van der Waals surface area contributed by atoms with Gasteiger partial charge in [-0.2, -0.15) is 4.98 Å². The molecule has 0 fully saturated rings. The number of carboxylic acids is 1. The molecule has 1 N–H and O–H groups in total. The maximum Gasteiger partial charge on any atom is 0.307 e. The topological polar surface area (TPSA) is 85.5 Å². The lowest BCUT2D eigenvalue weighted by molar-refractivity contribution is -0.136. The number of benzene rings is 1. The van der Waals surface area contributed by atoms with E-state index < -0.39 is 5.97 Å². The number of rotatable bonds is 5. The quantitative estimate of drug-likeness (QED) is 0.864. The first-order valence-corrected chi connectivity index (χ1v) is 5.37. The van der Waals surface area contributed by atoms with Crippen LogP contribution in [0.5, 0.6) is 5.75 Å². The Labute approximate surface area is 103 Å². The normalized spacial score (nSPS) is 10.3. The number of para-hydroxylation sites is 1. The minimum absolute atomic E-state index is 0.0843. The number of ether oxygens (including phenoxy) is 1. The van der Waals surface area contributed by atoms with Gasteiger partial charge in [0.15, 0.2) is 12.4 Å². The van der Waals surface area contributed by atoms with E-state index in [2.05, 4.69) is 10.1 Å². The number of aromatic nitrogens is 2. The number of nitrogens with zero attached hydrogens (tertiary/aromatic N) is 2. The number of aryl methyl sites for hydroxylation is 1. The van der Waals surface area contributed by atoms with Crippen LogP contribution in [-0.4, -0.2) is 21.2 Å². The summed E-state index contributed by atoms with van der Waals surface area (Å²) in [6.07, 6.45) is -0.0843. The summed E-state index contributed by atoms with van der Waals surface area (Å²) in [6.45, 7) is 1.84. The third kappa shape index (κ3) is 3.07. The van der Waals surface area contributed by atoms with Crippen LogP contribution in [-0.2, 0) is 17.8 Å². The predicted octanol–water partition coefficient (Wildman–Crippen LogP) is 1.58. The van der Waals surface area contributed by atoms with Gasteiger partial charge in [0.2, 0.25) is 0 Å². The van der Waals surface area contributed by atoms with Gasteiger partial charge in [0.05, 0.1) is 6.42 Å². The molecule has 0 unspecified atom stereocenters. The summed E-state index contributed by atoms with van der Waals surface area (Å²) in [7, 11) is 0. The predicted molar refractivity (Wildman–Crippen MR) is 61.1 cm³/mol. The van der Waals surface area contributed by atoms with E-state index in [1.807, 2.05) is 0 Å². The molecule has 1 heterocycles. The smallest absolute Gasteiger partial charge is 0.307 e. The Balaban J connectivity index is 2.06. The molecule has 0 atom stereocenters. The molecule has 0 saturated heterocycles. The molecule has 2 aromatic rings. The van der Waals surface area contributed by atoms with Crippen molar-refractivity contribution in [3.63, 3.8) is 0 Å². The fraction of sp³-hybridized carbons (Fsp3) is 0.250. The van der Waals surface area contributed by atoms with Crippen molar-refractivity contribution < 1.29 is 19.2 Å². The summed E-state index contributed by atoms with van der Waals surface area (Å²) in [4.78, 5) is 14.7. The van der Waals surface area contributed by atoms with Crippen LogP contribution in [0.15, 0.2) is 28.8 Å². The largest absolute Gasteiger partial charge is 0.483 e. The van der Waals surface area contributed by atoms with E-state index in [0.717, 1.165) is 0 Å². The third-order valence-electron chi connectivity index (χ3n) is 2.24. The van der Waals surface area contributed by atoms with Crippen molar-refractivity contribution in [2.75, 3.05) is 0 Å². The first kappa shape index (κ1) is 12.1. The van der Waals surface area contributed by atoms with Crippen LogP contribution in [0.1, 0.15) is 17.3 Å². The molecular formula is C12H12N2O4. The van der Waals surface area contributed by atoms with Crippen molar-refractivity contribution in [3.8, 4) is 5.75 Å². The third-order valence-corrected chi connectivity index (χ3v) is 2.24. The van der Waals surface area contributed by atoms with Crippen molar-refractivity contribution in [2.45, 2.75) is 20.0 Å². The fourth-order valence-corrected chi connectivity index (χ4v) is 1.49. The molecule has 2 rings (SSSR count). The van der Waals surface area contributed by atoms with Gasteiger partial charge < -0.3 is 14.4 Å².